The van der Waals surface area contributed by atoms with Gasteiger partial charge in [0.25, 0.3) is 0 Å². The first-order valence-corrected chi connectivity index (χ1v) is 9.33. The summed E-state index contributed by atoms with van der Waals surface area (Å²) in [6.45, 7) is 5.11. The van der Waals surface area contributed by atoms with Gasteiger partial charge in [0.05, 0.1) is 18.1 Å². The Hall–Kier alpha value is -1.92. The van der Waals surface area contributed by atoms with Crippen LogP contribution in [0.1, 0.15) is 31.0 Å². The summed E-state index contributed by atoms with van der Waals surface area (Å²) in [5.74, 6) is 0.461. The second kappa shape index (κ2) is 9.69. The zero-order valence-corrected chi connectivity index (χ0v) is 16.8. The average molecular weight is 423 g/mol. The first kappa shape index (κ1) is 20.4. The molecular formula is C20H24BrFN2O2. The lowest BCUT2D eigenvalue weighted by Crippen LogP contribution is -2.38. The fourth-order valence-electron chi connectivity index (χ4n) is 2.65. The van der Waals surface area contributed by atoms with Crippen LogP contribution in [-0.4, -0.2) is 31.0 Å². The van der Waals surface area contributed by atoms with Crippen molar-refractivity contribution in [3.63, 3.8) is 0 Å². The van der Waals surface area contributed by atoms with Crippen molar-refractivity contribution in [2.24, 2.45) is 0 Å². The maximum Gasteiger partial charge on any atom is 0.236 e. The second-order valence-corrected chi connectivity index (χ2v) is 6.89. The SMILES string of the molecule is CCN(Cc1cccc(F)c1)C(=O)CNC(C)c1ccc(OC)c(Br)c1. The zero-order valence-electron chi connectivity index (χ0n) is 15.3. The predicted octanol–water partition coefficient (Wildman–Crippen LogP) is 4.30. The lowest BCUT2D eigenvalue weighted by atomic mass is 10.1. The Morgan fingerprint density at radius 1 is 1.31 bits per heavy atom. The summed E-state index contributed by atoms with van der Waals surface area (Å²) in [6, 6.07) is 12.2. The highest BCUT2D eigenvalue weighted by molar-refractivity contribution is 9.10. The number of ether oxygens (including phenoxy) is 1. The summed E-state index contributed by atoms with van der Waals surface area (Å²) >= 11 is 3.47. The van der Waals surface area contributed by atoms with E-state index in [0.29, 0.717) is 13.1 Å². The van der Waals surface area contributed by atoms with Gasteiger partial charge < -0.3 is 15.0 Å². The molecule has 6 heteroatoms. The van der Waals surface area contributed by atoms with Crippen LogP contribution in [-0.2, 0) is 11.3 Å². The van der Waals surface area contributed by atoms with Gasteiger partial charge in [0.15, 0.2) is 0 Å². The topological polar surface area (TPSA) is 41.6 Å². The quantitative estimate of drug-likeness (QED) is 0.689. The summed E-state index contributed by atoms with van der Waals surface area (Å²) in [5.41, 5.74) is 1.84. The first-order valence-electron chi connectivity index (χ1n) is 8.53. The third kappa shape index (κ3) is 5.54. The van der Waals surface area contributed by atoms with Crippen LogP contribution in [0.3, 0.4) is 0 Å². The first-order chi connectivity index (χ1) is 12.4. The van der Waals surface area contributed by atoms with Crippen molar-refractivity contribution >= 4 is 21.8 Å². The van der Waals surface area contributed by atoms with Gasteiger partial charge in [-0.25, -0.2) is 4.39 Å². The van der Waals surface area contributed by atoms with Crippen LogP contribution < -0.4 is 10.1 Å². The Balaban J connectivity index is 1.94. The molecule has 1 unspecified atom stereocenters. The number of benzene rings is 2. The van der Waals surface area contributed by atoms with E-state index < -0.39 is 0 Å². The Bertz CT molecular complexity index is 754. The monoisotopic (exact) mass is 422 g/mol. The molecule has 0 spiro atoms. The van der Waals surface area contributed by atoms with Crippen molar-refractivity contribution < 1.29 is 13.9 Å². The number of halogens is 2. The van der Waals surface area contributed by atoms with Crippen LogP contribution in [0.15, 0.2) is 46.9 Å². The van der Waals surface area contributed by atoms with Gasteiger partial charge in [0.1, 0.15) is 11.6 Å². The molecule has 2 aromatic carbocycles. The minimum Gasteiger partial charge on any atom is -0.496 e. The van der Waals surface area contributed by atoms with Gasteiger partial charge in [0, 0.05) is 19.1 Å². The molecule has 0 aromatic heterocycles. The van der Waals surface area contributed by atoms with E-state index >= 15 is 0 Å². The van der Waals surface area contributed by atoms with Gasteiger partial charge in [-0.05, 0) is 65.2 Å². The molecule has 2 rings (SSSR count). The number of nitrogens with zero attached hydrogens (tertiary/aromatic N) is 1. The fraction of sp³-hybridized carbons (Fsp3) is 0.350. The lowest BCUT2D eigenvalue weighted by Gasteiger charge is -2.23. The van der Waals surface area contributed by atoms with Gasteiger partial charge in [0.2, 0.25) is 5.91 Å². The van der Waals surface area contributed by atoms with Gasteiger partial charge in [-0.15, -0.1) is 0 Å². The normalized spacial score (nSPS) is 11.9. The molecule has 0 aliphatic carbocycles. The molecule has 2 aromatic rings. The number of hydrogen-bond donors (Lipinski definition) is 1. The highest BCUT2D eigenvalue weighted by Crippen LogP contribution is 2.27. The molecule has 1 amide bonds. The molecule has 0 heterocycles. The fourth-order valence-corrected chi connectivity index (χ4v) is 3.21. The third-order valence-corrected chi connectivity index (χ3v) is 4.85. The van der Waals surface area contributed by atoms with Crippen LogP contribution in [0.25, 0.3) is 0 Å². The van der Waals surface area contributed by atoms with Gasteiger partial charge >= 0.3 is 0 Å². The van der Waals surface area contributed by atoms with Crippen molar-refractivity contribution in [2.45, 2.75) is 26.4 Å². The third-order valence-electron chi connectivity index (χ3n) is 4.23. The molecule has 4 nitrogen and oxygen atoms in total. The molecular weight excluding hydrogens is 399 g/mol. The molecule has 0 saturated heterocycles. The number of rotatable bonds is 8. The molecule has 0 radical (unpaired) electrons. The Morgan fingerprint density at radius 2 is 2.08 bits per heavy atom. The van der Waals surface area contributed by atoms with E-state index in [4.69, 9.17) is 4.74 Å². The number of likely N-dealkylation sites (N-methyl/N-ethyl adjacent to an activating group) is 1. The molecule has 0 aliphatic heterocycles. The molecule has 140 valence electrons. The number of methoxy groups -OCH3 is 1. The van der Waals surface area contributed by atoms with Crippen molar-refractivity contribution in [2.75, 3.05) is 20.2 Å². The minimum absolute atomic E-state index is 0.00836. The van der Waals surface area contributed by atoms with E-state index in [9.17, 15) is 9.18 Å². The Kier molecular flexibility index (Phi) is 7.60. The van der Waals surface area contributed by atoms with Crippen LogP contribution in [0.2, 0.25) is 0 Å². The van der Waals surface area contributed by atoms with E-state index in [0.717, 1.165) is 21.3 Å². The Morgan fingerprint density at radius 3 is 2.69 bits per heavy atom. The van der Waals surface area contributed by atoms with E-state index in [2.05, 4.69) is 21.2 Å². The van der Waals surface area contributed by atoms with E-state index in [-0.39, 0.29) is 24.3 Å². The minimum atomic E-state index is -0.289. The van der Waals surface area contributed by atoms with Gasteiger partial charge in [-0.2, -0.15) is 0 Å². The summed E-state index contributed by atoms with van der Waals surface area (Å²) < 4.78 is 19.4. The number of amides is 1. The average Bonchev–Trinajstić information content (AvgIpc) is 2.63. The maximum absolute atomic E-state index is 13.3. The van der Waals surface area contributed by atoms with E-state index in [1.54, 1.807) is 18.1 Å². The molecule has 0 saturated carbocycles. The smallest absolute Gasteiger partial charge is 0.236 e. The maximum atomic E-state index is 13.3. The number of hydrogen-bond acceptors (Lipinski definition) is 3. The van der Waals surface area contributed by atoms with Crippen molar-refractivity contribution in [1.82, 2.24) is 10.2 Å². The van der Waals surface area contributed by atoms with Gasteiger partial charge in [-0.1, -0.05) is 18.2 Å². The molecule has 26 heavy (non-hydrogen) atoms. The lowest BCUT2D eigenvalue weighted by molar-refractivity contribution is -0.130. The number of carbonyl (C=O) groups is 1. The summed E-state index contributed by atoms with van der Waals surface area (Å²) in [7, 11) is 1.62. The second-order valence-electron chi connectivity index (χ2n) is 6.03. The predicted molar refractivity (Wildman–Crippen MR) is 105 cm³/mol. The van der Waals surface area contributed by atoms with E-state index in [1.165, 1.54) is 12.1 Å². The molecule has 0 aliphatic rings. The number of carbonyl (C=O) groups excluding carboxylic acids is 1. The summed E-state index contributed by atoms with van der Waals surface area (Å²) in [4.78, 5) is 14.2. The largest absolute Gasteiger partial charge is 0.496 e. The van der Waals surface area contributed by atoms with Crippen LogP contribution in [0.5, 0.6) is 5.75 Å². The van der Waals surface area contributed by atoms with Crippen LogP contribution in [0.4, 0.5) is 4.39 Å². The molecule has 1 N–H and O–H groups in total. The van der Waals surface area contributed by atoms with Crippen molar-refractivity contribution in [3.8, 4) is 5.75 Å². The Labute approximate surface area is 162 Å². The molecule has 0 bridgehead atoms. The highest BCUT2D eigenvalue weighted by Gasteiger charge is 2.15. The van der Waals surface area contributed by atoms with Crippen molar-refractivity contribution in [3.05, 3.63) is 63.9 Å². The molecule has 1 atom stereocenters. The van der Waals surface area contributed by atoms with Crippen molar-refractivity contribution in [1.29, 1.82) is 0 Å². The standard InChI is InChI=1S/C20H24BrFN2O2/c1-4-24(13-15-6-5-7-17(22)10-15)20(25)12-23-14(2)16-8-9-19(26-3)18(21)11-16/h5-11,14,23H,4,12-13H2,1-3H3. The summed E-state index contributed by atoms with van der Waals surface area (Å²) in [5, 5.41) is 3.25. The zero-order chi connectivity index (χ0) is 19.1. The molecule has 0 fully saturated rings. The van der Waals surface area contributed by atoms with E-state index in [1.807, 2.05) is 38.1 Å². The summed E-state index contributed by atoms with van der Waals surface area (Å²) in [6.07, 6.45) is 0. The highest BCUT2D eigenvalue weighted by atomic mass is 79.9. The van der Waals surface area contributed by atoms with Crippen LogP contribution >= 0.6 is 15.9 Å². The van der Waals surface area contributed by atoms with Gasteiger partial charge in [-0.3, -0.25) is 4.79 Å². The number of nitrogens with one attached hydrogen (secondary N) is 1. The van der Waals surface area contributed by atoms with Crippen LogP contribution in [0, 0.1) is 5.82 Å².